The number of benzene rings is 1. The molecule has 1 heterocycles. The van der Waals surface area contributed by atoms with Crippen molar-refractivity contribution in [2.45, 2.75) is 20.3 Å². The Bertz CT molecular complexity index is 567. The normalized spacial score (nSPS) is 21.5. The number of esters is 1. The molecule has 6 heteroatoms. The fourth-order valence-corrected chi connectivity index (χ4v) is 3.23. The molecule has 0 bridgehead atoms. The highest BCUT2D eigenvalue weighted by atomic mass is 79.9. The molecule has 1 aromatic carbocycles. The summed E-state index contributed by atoms with van der Waals surface area (Å²) in [5, 5.41) is 0. The van der Waals surface area contributed by atoms with E-state index in [9.17, 15) is 9.59 Å². The molecule has 5 nitrogen and oxygen atoms in total. The standard InChI is InChI=1S/C16H21BrN2O3/c1-10-5-11(2)8-19(7-10)15(20)9-22-16(21)13-6-12(17)3-4-14(13)18/h3-4,6,10-11H,5,7-9,18H2,1-2H3/t10-,11-/m0/s1. The lowest BCUT2D eigenvalue weighted by Crippen LogP contribution is -2.44. The molecular formula is C16H21BrN2O3. The average Bonchev–Trinajstić information content (AvgIpc) is 2.45. The Kier molecular flexibility index (Phi) is 5.45. The molecule has 0 spiro atoms. The summed E-state index contributed by atoms with van der Waals surface area (Å²) >= 11 is 3.28. The summed E-state index contributed by atoms with van der Waals surface area (Å²) in [5.74, 6) is 0.221. The van der Waals surface area contributed by atoms with E-state index >= 15 is 0 Å². The molecule has 0 unspecified atom stereocenters. The fourth-order valence-electron chi connectivity index (χ4n) is 2.87. The number of nitrogens with two attached hydrogens (primary N) is 1. The SMILES string of the molecule is C[C@H]1C[C@H](C)CN(C(=O)COC(=O)c2cc(Br)ccc2N)C1. The first-order chi connectivity index (χ1) is 10.4. The van der Waals surface area contributed by atoms with Crippen LogP contribution in [0.5, 0.6) is 0 Å². The van der Waals surface area contributed by atoms with E-state index in [1.54, 1.807) is 23.1 Å². The van der Waals surface area contributed by atoms with Gasteiger partial charge in [0.2, 0.25) is 0 Å². The number of carbonyl (C=O) groups excluding carboxylic acids is 2. The first-order valence-corrected chi connectivity index (χ1v) is 8.16. The van der Waals surface area contributed by atoms with Crippen LogP contribution in [-0.2, 0) is 9.53 Å². The molecule has 2 rings (SSSR count). The van der Waals surface area contributed by atoms with Crippen molar-refractivity contribution >= 4 is 33.5 Å². The summed E-state index contributed by atoms with van der Waals surface area (Å²) in [7, 11) is 0. The van der Waals surface area contributed by atoms with Crippen LogP contribution in [0, 0.1) is 11.8 Å². The highest BCUT2D eigenvalue weighted by molar-refractivity contribution is 9.10. The van der Waals surface area contributed by atoms with E-state index in [-0.39, 0.29) is 18.1 Å². The van der Waals surface area contributed by atoms with Crippen LogP contribution in [0.2, 0.25) is 0 Å². The van der Waals surface area contributed by atoms with Crippen LogP contribution in [0.25, 0.3) is 0 Å². The molecule has 22 heavy (non-hydrogen) atoms. The first kappa shape index (κ1) is 16.8. The lowest BCUT2D eigenvalue weighted by atomic mass is 9.92. The van der Waals surface area contributed by atoms with E-state index in [1.807, 2.05) is 0 Å². The van der Waals surface area contributed by atoms with E-state index in [0.29, 0.717) is 17.5 Å². The molecule has 1 fully saturated rings. The molecule has 0 aliphatic carbocycles. The van der Waals surface area contributed by atoms with Crippen LogP contribution < -0.4 is 5.73 Å². The van der Waals surface area contributed by atoms with Gasteiger partial charge in [-0.05, 0) is 36.5 Å². The largest absolute Gasteiger partial charge is 0.452 e. The Hall–Kier alpha value is -1.56. The maximum atomic E-state index is 12.2. The van der Waals surface area contributed by atoms with Gasteiger partial charge in [0.05, 0.1) is 5.56 Å². The number of anilines is 1. The molecule has 0 saturated carbocycles. The van der Waals surface area contributed by atoms with Crippen LogP contribution in [0.15, 0.2) is 22.7 Å². The summed E-state index contributed by atoms with van der Waals surface area (Å²) in [6.45, 7) is 5.46. The predicted molar refractivity (Wildman–Crippen MR) is 88.4 cm³/mol. The first-order valence-electron chi connectivity index (χ1n) is 7.36. The minimum Gasteiger partial charge on any atom is -0.452 e. The van der Waals surface area contributed by atoms with Crippen LogP contribution in [0.4, 0.5) is 5.69 Å². The van der Waals surface area contributed by atoms with Crippen molar-refractivity contribution in [3.05, 3.63) is 28.2 Å². The molecular weight excluding hydrogens is 348 g/mol. The summed E-state index contributed by atoms with van der Waals surface area (Å²) in [6.07, 6.45) is 1.12. The van der Waals surface area contributed by atoms with Gasteiger partial charge in [-0.3, -0.25) is 4.79 Å². The Morgan fingerprint density at radius 1 is 1.32 bits per heavy atom. The smallest absolute Gasteiger partial charge is 0.340 e. The predicted octanol–water partition coefficient (Wildman–Crippen LogP) is 2.69. The van der Waals surface area contributed by atoms with Crippen molar-refractivity contribution in [3.63, 3.8) is 0 Å². The second-order valence-corrected chi connectivity index (χ2v) is 6.97. The van der Waals surface area contributed by atoms with Crippen LogP contribution in [-0.4, -0.2) is 36.5 Å². The van der Waals surface area contributed by atoms with Crippen molar-refractivity contribution in [1.82, 2.24) is 4.90 Å². The lowest BCUT2D eigenvalue weighted by Gasteiger charge is -2.34. The molecule has 1 aliphatic rings. The van der Waals surface area contributed by atoms with Gasteiger partial charge in [0.15, 0.2) is 6.61 Å². The molecule has 0 radical (unpaired) electrons. The molecule has 1 amide bonds. The molecule has 0 aromatic heterocycles. The molecule has 1 saturated heterocycles. The van der Waals surface area contributed by atoms with Crippen LogP contribution in [0.3, 0.4) is 0 Å². The number of piperidine rings is 1. The number of hydrogen-bond acceptors (Lipinski definition) is 4. The van der Waals surface area contributed by atoms with Gasteiger partial charge in [-0.15, -0.1) is 0 Å². The highest BCUT2D eigenvalue weighted by Gasteiger charge is 2.26. The number of carbonyl (C=O) groups is 2. The number of nitrogens with zero attached hydrogens (tertiary/aromatic N) is 1. The zero-order chi connectivity index (χ0) is 16.3. The second kappa shape index (κ2) is 7.13. The van der Waals surface area contributed by atoms with Crippen molar-refractivity contribution in [1.29, 1.82) is 0 Å². The van der Waals surface area contributed by atoms with Gasteiger partial charge >= 0.3 is 5.97 Å². The van der Waals surface area contributed by atoms with Crippen LogP contribution in [0.1, 0.15) is 30.6 Å². The summed E-state index contributed by atoms with van der Waals surface area (Å²) in [6, 6.07) is 4.96. The molecule has 1 aromatic rings. The van der Waals surface area contributed by atoms with Gasteiger partial charge in [-0.25, -0.2) is 4.79 Å². The van der Waals surface area contributed by atoms with Gasteiger partial charge < -0.3 is 15.4 Å². The number of halogens is 1. The maximum absolute atomic E-state index is 12.2. The number of ether oxygens (including phenoxy) is 1. The third-order valence-corrected chi connectivity index (χ3v) is 4.28. The van der Waals surface area contributed by atoms with Gasteiger partial charge in [-0.2, -0.15) is 0 Å². The Labute approximate surface area is 138 Å². The van der Waals surface area contributed by atoms with Gasteiger partial charge in [0.1, 0.15) is 0 Å². The minimum atomic E-state index is -0.578. The number of nitrogen functional groups attached to an aromatic ring is 1. The molecule has 2 N–H and O–H groups in total. The van der Waals surface area contributed by atoms with Crippen molar-refractivity contribution in [2.75, 3.05) is 25.4 Å². The number of hydrogen-bond donors (Lipinski definition) is 1. The fraction of sp³-hybridized carbons (Fsp3) is 0.500. The Morgan fingerprint density at radius 2 is 1.95 bits per heavy atom. The third-order valence-electron chi connectivity index (χ3n) is 3.78. The van der Waals surface area contributed by atoms with Crippen molar-refractivity contribution in [3.8, 4) is 0 Å². The zero-order valence-corrected chi connectivity index (χ0v) is 14.4. The van der Waals surface area contributed by atoms with Crippen molar-refractivity contribution < 1.29 is 14.3 Å². The third kappa shape index (κ3) is 4.22. The van der Waals surface area contributed by atoms with E-state index in [4.69, 9.17) is 10.5 Å². The average molecular weight is 369 g/mol. The summed E-state index contributed by atoms with van der Waals surface area (Å²) in [5.41, 5.74) is 6.36. The number of rotatable bonds is 3. The van der Waals surface area contributed by atoms with Gasteiger partial charge in [-0.1, -0.05) is 29.8 Å². The van der Waals surface area contributed by atoms with Crippen LogP contribution >= 0.6 is 15.9 Å². The van der Waals surface area contributed by atoms with E-state index in [2.05, 4.69) is 29.8 Å². The second-order valence-electron chi connectivity index (χ2n) is 6.05. The summed E-state index contributed by atoms with van der Waals surface area (Å²) < 4.78 is 5.85. The van der Waals surface area contributed by atoms with Gasteiger partial charge in [0.25, 0.3) is 5.91 Å². The minimum absolute atomic E-state index is 0.152. The topological polar surface area (TPSA) is 72.6 Å². The monoisotopic (exact) mass is 368 g/mol. The number of likely N-dealkylation sites (tertiary alicyclic amines) is 1. The lowest BCUT2D eigenvalue weighted by molar-refractivity contribution is -0.137. The zero-order valence-electron chi connectivity index (χ0n) is 12.8. The van der Waals surface area contributed by atoms with E-state index in [0.717, 1.165) is 24.0 Å². The molecule has 120 valence electrons. The highest BCUT2D eigenvalue weighted by Crippen LogP contribution is 2.22. The number of amides is 1. The van der Waals surface area contributed by atoms with E-state index < -0.39 is 5.97 Å². The Balaban J connectivity index is 1.93. The van der Waals surface area contributed by atoms with Gasteiger partial charge in [0, 0.05) is 23.2 Å². The van der Waals surface area contributed by atoms with E-state index in [1.165, 1.54) is 0 Å². The molecule has 2 atom stereocenters. The molecule has 1 aliphatic heterocycles. The van der Waals surface area contributed by atoms with Crippen molar-refractivity contribution in [2.24, 2.45) is 11.8 Å². The maximum Gasteiger partial charge on any atom is 0.340 e. The Morgan fingerprint density at radius 3 is 2.59 bits per heavy atom. The quantitative estimate of drug-likeness (QED) is 0.657. The summed E-state index contributed by atoms with van der Waals surface area (Å²) in [4.78, 5) is 26.0.